The summed E-state index contributed by atoms with van der Waals surface area (Å²) in [6.45, 7) is 15.8. The molecule has 3 aliphatic rings. The molecule has 2 aliphatic heterocycles. The summed E-state index contributed by atoms with van der Waals surface area (Å²) >= 11 is 0. The van der Waals surface area contributed by atoms with Gasteiger partial charge in [0.15, 0.2) is 6.29 Å². The minimum absolute atomic E-state index is 0.0190. The molecular weight excluding hydrogens is 808 g/mol. The van der Waals surface area contributed by atoms with Gasteiger partial charge >= 0.3 is 12.1 Å². The molecule has 1 saturated carbocycles. The van der Waals surface area contributed by atoms with Gasteiger partial charge in [-0.25, -0.2) is 9.18 Å². The molecule has 1 amide bonds. The fourth-order valence-electron chi connectivity index (χ4n) is 9.96. The minimum atomic E-state index is -1.75. The Kier molecular flexibility index (Phi) is 17.9. The number of hydrogen-bond acceptors (Lipinski definition) is 14. The van der Waals surface area contributed by atoms with E-state index in [2.05, 4.69) is 5.32 Å². The van der Waals surface area contributed by atoms with Gasteiger partial charge in [0.1, 0.15) is 41.1 Å². The first-order valence-electron chi connectivity index (χ1n) is 22.1. The number of alkyl carbamates (subject to hydrolysis) is 1. The summed E-state index contributed by atoms with van der Waals surface area (Å²) in [5, 5.41) is 38.2. The maximum absolute atomic E-state index is 14.4. The van der Waals surface area contributed by atoms with Gasteiger partial charge in [0.2, 0.25) is 0 Å². The first-order chi connectivity index (χ1) is 28.9. The minimum Gasteiger partial charge on any atom is -0.459 e. The molecular formula is C46H75FN2O13. The quantitative estimate of drug-likeness (QED) is 0.219. The van der Waals surface area contributed by atoms with Crippen LogP contribution < -0.4 is 5.32 Å². The molecule has 15 nitrogen and oxygen atoms in total. The van der Waals surface area contributed by atoms with Crippen LogP contribution in [0.15, 0.2) is 24.3 Å². The number of aliphatic hydroxyl groups is 3. The van der Waals surface area contributed by atoms with Crippen molar-refractivity contribution in [1.82, 2.24) is 10.2 Å². The van der Waals surface area contributed by atoms with E-state index in [0.717, 1.165) is 0 Å². The monoisotopic (exact) mass is 883 g/mol. The van der Waals surface area contributed by atoms with Crippen molar-refractivity contribution < 1.29 is 67.3 Å². The Hall–Kier alpha value is -2.80. The zero-order valence-electron chi connectivity index (χ0n) is 39.1. The Labute approximate surface area is 367 Å². The molecule has 2 saturated heterocycles. The second-order valence-corrected chi connectivity index (χ2v) is 19.2. The maximum atomic E-state index is 14.4. The summed E-state index contributed by atoms with van der Waals surface area (Å²) in [6.07, 6.45) is -7.76. The second kappa shape index (κ2) is 21.5. The number of methoxy groups -OCH3 is 2. The van der Waals surface area contributed by atoms with Gasteiger partial charge in [-0.05, 0) is 98.0 Å². The van der Waals surface area contributed by atoms with Crippen molar-refractivity contribution in [2.45, 2.75) is 185 Å². The highest BCUT2D eigenvalue weighted by Gasteiger charge is 2.53. The number of carbonyl (C=O) groups is 3. The normalized spacial score (nSPS) is 41.6. The van der Waals surface area contributed by atoms with E-state index >= 15 is 0 Å². The topological polar surface area (TPSA) is 192 Å². The standard InChI is InChI=1S/C46H75FN2O13/c1-14-35-46(9,55)36(56-12)21-34(50)26(3)22-45(8,57-13)40(61-42-37(51)33(49(10)11)20-27(4)58-42)28(5)38(29(6)41(52)60-35)59-32-19-25(2)39(44(7,54)23-32)62-43(53)48-24-30-15-17-31(47)18-16-30/h15-18,25-29,32-33,35-40,42,51,54-55H,14,19-24H2,1-13H3,(H,48,53)/t25-,26-,27-,28+,29-,32-,33+,35-,36-,37-,38+,39+,40-,42+,44-,45+,46-/m1/s1. The molecule has 1 aromatic carbocycles. The number of likely N-dealkylation sites (N-methyl/N-ethyl adjacent to an activating group) is 1. The van der Waals surface area contributed by atoms with Gasteiger partial charge in [0.05, 0.1) is 42.0 Å². The molecule has 0 unspecified atom stereocenters. The van der Waals surface area contributed by atoms with E-state index in [4.69, 9.17) is 33.2 Å². The molecule has 0 bridgehead atoms. The highest BCUT2D eigenvalue weighted by Crippen LogP contribution is 2.42. The lowest BCUT2D eigenvalue weighted by Gasteiger charge is -2.49. The number of Topliss-reactive ketones (excluding diaryl/α,β-unsaturated/α-hetero) is 1. The number of ether oxygens (including phenoxy) is 7. The van der Waals surface area contributed by atoms with E-state index < -0.39 is 107 Å². The van der Waals surface area contributed by atoms with Crippen LogP contribution in [0.4, 0.5) is 9.18 Å². The highest BCUT2D eigenvalue weighted by molar-refractivity contribution is 5.81. The number of carbonyl (C=O) groups excluding carboxylic acids is 3. The van der Waals surface area contributed by atoms with Crippen LogP contribution in [0.2, 0.25) is 0 Å². The van der Waals surface area contributed by atoms with Gasteiger partial charge in [-0.15, -0.1) is 0 Å². The van der Waals surface area contributed by atoms with Gasteiger partial charge in [-0.1, -0.05) is 39.8 Å². The molecule has 3 fully saturated rings. The Morgan fingerprint density at radius 1 is 0.968 bits per heavy atom. The molecule has 62 heavy (non-hydrogen) atoms. The zero-order chi connectivity index (χ0) is 46.5. The molecule has 1 aliphatic carbocycles. The van der Waals surface area contributed by atoms with Crippen LogP contribution in [0.3, 0.4) is 0 Å². The van der Waals surface area contributed by atoms with Crippen molar-refractivity contribution in [1.29, 1.82) is 0 Å². The number of hydrogen-bond donors (Lipinski definition) is 4. The fraction of sp³-hybridized carbons (Fsp3) is 0.804. The SMILES string of the molecule is CC[C@H]1OC(=O)[C@H](C)[C@@H](O[C@@H]2C[C@@H](C)[C@H](OC(=O)NCc3ccc(F)cc3)[C@](C)(O)C2)[C@H](C)[C@@H](O[C@@H]2O[C@H](C)C[C@H](N(C)C)[C@H]2O)[C@@](C)(OC)C[C@@H](C)C(=O)C[C@@H](OC)[C@]1(C)O. The third-order valence-electron chi connectivity index (χ3n) is 13.7. The summed E-state index contributed by atoms with van der Waals surface area (Å²) in [4.78, 5) is 43.4. The number of aliphatic hydroxyl groups excluding tert-OH is 1. The number of esters is 1. The molecule has 0 radical (unpaired) electrons. The predicted octanol–water partition coefficient (Wildman–Crippen LogP) is 4.93. The van der Waals surface area contributed by atoms with E-state index in [-0.39, 0.29) is 50.2 Å². The van der Waals surface area contributed by atoms with Crippen LogP contribution in [0.1, 0.15) is 106 Å². The molecule has 4 N–H and O–H groups in total. The van der Waals surface area contributed by atoms with Crippen LogP contribution in [0.25, 0.3) is 0 Å². The number of halogens is 1. The van der Waals surface area contributed by atoms with Crippen molar-refractivity contribution in [3.8, 4) is 0 Å². The molecule has 354 valence electrons. The summed E-state index contributed by atoms with van der Waals surface area (Å²) in [5.74, 6) is -4.05. The van der Waals surface area contributed by atoms with Gasteiger partial charge in [0, 0.05) is 51.5 Å². The number of cyclic esters (lactones) is 1. The Morgan fingerprint density at radius 2 is 1.61 bits per heavy atom. The zero-order valence-corrected chi connectivity index (χ0v) is 39.1. The van der Waals surface area contributed by atoms with E-state index in [0.29, 0.717) is 18.4 Å². The van der Waals surface area contributed by atoms with E-state index in [1.54, 1.807) is 39.8 Å². The Morgan fingerprint density at radius 3 is 2.18 bits per heavy atom. The molecule has 17 atom stereocenters. The number of benzene rings is 1. The average Bonchev–Trinajstić information content (AvgIpc) is 3.20. The lowest BCUT2D eigenvalue weighted by Crippen LogP contribution is -2.60. The molecule has 2 heterocycles. The largest absolute Gasteiger partial charge is 0.459 e. The van der Waals surface area contributed by atoms with Crippen LogP contribution in [0, 0.1) is 29.5 Å². The lowest BCUT2D eigenvalue weighted by molar-refractivity contribution is -0.304. The molecule has 0 aromatic heterocycles. The molecule has 1 aromatic rings. The lowest BCUT2D eigenvalue weighted by atomic mass is 9.74. The van der Waals surface area contributed by atoms with Crippen molar-refractivity contribution in [2.24, 2.45) is 23.7 Å². The second-order valence-electron chi connectivity index (χ2n) is 19.2. The molecule has 16 heteroatoms. The van der Waals surface area contributed by atoms with E-state index in [9.17, 15) is 34.1 Å². The number of rotatable bonds is 11. The first-order valence-corrected chi connectivity index (χ1v) is 22.1. The summed E-state index contributed by atoms with van der Waals surface area (Å²) in [7, 11) is 6.67. The van der Waals surface area contributed by atoms with Crippen LogP contribution >= 0.6 is 0 Å². The van der Waals surface area contributed by atoms with Crippen molar-refractivity contribution in [3.63, 3.8) is 0 Å². The first kappa shape index (κ1) is 51.8. The highest BCUT2D eigenvalue weighted by atomic mass is 19.1. The third kappa shape index (κ3) is 12.3. The van der Waals surface area contributed by atoms with Crippen molar-refractivity contribution in [3.05, 3.63) is 35.6 Å². The van der Waals surface area contributed by atoms with Gasteiger partial charge in [0.25, 0.3) is 0 Å². The van der Waals surface area contributed by atoms with E-state index in [1.807, 2.05) is 46.7 Å². The fourth-order valence-corrected chi connectivity index (χ4v) is 9.96. The van der Waals surface area contributed by atoms with Gasteiger partial charge in [-0.3, -0.25) is 9.59 Å². The summed E-state index contributed by atoms with van der Waals surface area (Å²) < 4.78 is 57.5. The smallest absolute Gasteiger partial charge is 0.407 e. The van der Waals surface area contributed by atoms with Crippen LogP contribution in [0.5, 0.6) is 0 Å². The van der Waals surface area contributed by atoms with Crippen LogP contribution in [-0.4, -0.2) is 144 Å². The predicted molar refractivity (Wildman–Crippen MR) is 227 cm³/mol. The number of nitrogens with one attached hydrogen (secondary N) is 1. The summed E-state index contributed by atoms with van der Waals surface area (Å²) in [6, 6.07) is 5.40. The average molecular weight is 883 g/mol. The molecule has 0 spiro atoms. The Balaban J connectivity index is 1.74. The van der Waals surface area contributed by atoms with Crippen molar-refractivity contribution >= 4 is 17.8 Å². The number of ketones is 1. The summed E-state index contributed by atoms with van der Waals surface area (Å²) in [5.41, 5.74) is -3.90. The third-order valence-corrected chi connectivity index (χ3v) is 13.7. The number of nitrogens with zero attached hydrogens (tertiary/aromatic N) is 1. The Bertz CT molecular complexity index is 1630. The van der Waals surface area contributed by atoms with Crippen LogP contribution in [-0.2, 0) is 49.3 Å². The number of amides is 1. The van der Waals surface area contributed by atoms with Crippen molar-refractivity contribution in [2.75, 3.05) is 28.3 Å². The maximum Gasteiger partial charge on any atom is 0.407 e. The van der Waals surface area contributed by atoms with E-state index in [1.165, 1.54) is 33.3 Å². The molecule has 4 rings (SSSR count). The van der Waals surface area contributed by atoms with Gasteiger partial charge in [-0.2, -0.15) is 0 Å². The van der Waals surface area contributed by atoms with Gasteiger partial charge < -0.3 is 58.7 Å².